The van der Waals surface area contributed by atoms with Crippen LogP contribution in [0.5, 0.6) is 0 Å². The summed E-state index contributed by atoms with van der Waals surface area (Å²) in [6.07, 6.45) is 2.72. The monoisotopic (exact) mass is 328 g/mol. The van der Waals surface area contributed by atoms with E-state index in [0.717, 1.165) is 25.9 Å². The number of carbonyl (C=O) groups is 2. The number of hydrogen-bond acceptors (Lipinski definition) is 4. The van der Waals surface area contributed by atoms with Crippen molar-refractivity contribution in [2.75, 3.05) is 13.1 Å². The number of Topliss-reactive ketones (excluding diaryl/α,β-unsaturated/α-hetero) is 1. The quantitative estimate of drug-likeness (QED) is 0.858. The van der Waals surface area contributed by atoms with Crippen LogP contribution in [0.15, 0.2) is 47.8 Å². The number of likely N-dealkylation sites (tertiary alicyclic amines) is 1. The lowest BCUT2D eigenvalue weighted by atomic mass is 10.0. The van der Waals surface area contributed by atoms with Crippen molar-refractivity contribution in [2.24, 2.45) is 0 Å². The Kier molecular flexibility index (Phi) is 5.20. The van der Waals surface area contributed by atoms with Gasteiger partial charge in [0.2, 0.25) is 0 Å². The van der Waals surface area contributed by atoms with Crippen molar-refractivity contribution in [1.82, 2.24) is 10.2 Å². The van der Waals surface area contributed by atoms with Crippen LogP contribution in [-0.2, 0) is 0 Å². The molecule has 0 bridgehead atoms. The van der Waals surface area contributed by atoms with Gasteiger partial charge in [0, 0.05) is 18.7 Å². The van der Waals surface area contributed by atoms with E-state index in [9.17, 15) is 9.59 Å². The van der Waals surface area contributed by atoms with Gasteiger partial charge in [0.1, 0.15) is 6.17 Å². The molecular weight excluding hydrogens is 308 g/mol. The third kappa shape index (κ3) is 3.86. The second-order valence-electron chi connectivity index (χ2n) is 5.68. The molecule has 0 saturated carbocycles. The number of thiophene rings is 1. The second-order valence-corrected chi connectivity index (χ2v) is 6.63. The maximum Gasteiger partial charge on any atom is 0.262 e. The molecule has 1 amide bonds. The molecule has 1 saturated heterocycles. The zero-order valence-electron chi connectivity index (χ0n) is 12.9. The Balaban J connectivity index is 1.81. The topological polar surface area (TPSA) is 49.4 Å². The first kappa shape index (κ1) is 15.9. The van der Waals surface area contributed by atoms with E-state index in [1.165, 1.54) is 17.8 Å². The molecule has 2 heterocycles. The lowest BCUT2D eigenvalue weighted by Gasteiger charge is -2.33. The van der Waals surface area contributed by atoms with E-state index in [4.69, 9.17) is 0 Å². The number of benzene rings is 1. The summed E-state index contributed by atoms with van der Waals surface area (Å²) in [6.45, 7) is 1.68. The summed E-state index contributed by atoms with van der Waals surface area (Å²) >= 11 is 1.39. The molecule has 1 N–H and O–H groups in total. The lowest BCUT2D eigenvalue weighted by molar-refractivity contribution is 0.0654. The maximum absolute atomic E-state index is 12.9. The van der Waals surface area contributed by atoms with Crippen LogP contribution >= 0.6 is 11.3 Å². The van der Waals surface area contributed by atoms with E-state index in [0.29, 0.717) is 10.4 Å². The van der Waals surface area contributed by atoms with E-state index >= 15 is 0 Å². The highest BCUT2D eigenvalue weighted by Gasteiger charge is 2.29. The summed E-state index contributed by atoms with van der Waals surface area (Å²) in [6, 6.07) is 12.8. The van der Waals surface area contributed by atoms with Crippen LogP contribution in [-0.4, -0.2) is 35.8 Å². The van der Waals surface area contributed by atoms with Crippen LogP contribution < -0.4 is 5.32 Å². The smallest absolute Gasteiger partial charge is 0.262 e. The van der Waals surface area contributed by atoms with E-state index < -0.39 is 6.17 Å². The van der Waals surface area contributed by atoms with Crippen molar-refractivity contribution in [1.29, 1.82) is 0 Å². The van der Waals surface area contributed by atoms with Crippen LogP contribution in [0.3, 0.4) is 0 Å². The summed E-state index contributed by atoms with van der Waals surface area (Å²) in [5.74, 6) is -0.225. The van der Waals surface area contributed by atoms with E-state index in [2.05, 4.69) is 10.2 Å². The van der Waals surface area contributed by atoms with Crippen molar-refractivity contribution in [3.8, 4) is 0 Å². The Labute approximate surface area is 140 Å². The minimum Gasteiger partial charge on any atom is -0.329 e. The van der Waals surface area contributed by atoms with Gasteiger partial charge in [-0.05, 0) is 24.3 Å². The molecule has 0 aliphatic carbocycles. The third-order valence-electron chi connectivity index (χ3n) is 4.08. The Hall–Kier alpha value is -1.98. The predicted octanol–water partition coefficient (Wildman–Crippen LogP) is 3.17. The molecule has 1 fully saturated rings. The minimum absolute atomic E-state index is 0.0441. The Morgan fingerprint density at radius 3 is 2.39 bits per heavy atom. The average Bonchev–Trinajstić information content (AvgIpc) is 3.15. The highest BCUT2D eigenvalue weighted by atomic mass is 32.1. The fourth-order valence-electron chi connectivity index (χ4n) is 2.86. The zero-order valence-corrected chi connectivity index (χ0v) is 13.7. The highest BCUT2D eigenvalue weighted by Crippen LogP contribution is 2.16. The van der Waals surface area contributed by atoms with Gasteiger partial charge in [-0.1, -0.05) is 42.8 Å². The van der Waals surface area contributed by atoms with Gasteiger partial charge >= 0.3 is 0 Å². The number of amides is 1. The van der Waals surface area contributed by atoms with Gasteiger partial charge in [-0.2, -0.15) is 0 Å². The van der Waals surface area contributed by atoms with Gasteiger partial charge in [-0.3, -0.25) is 14.5 Å². The predicted molar refractivity (Wildman–Crippen MR) is 91.8 cm³/mol. The number of nitrogens with zero attached hydrogens (tertiary/aromatic N) is 1. The molecule has 1 aromatic carbocycles. The molecule has 120 valence electrons. The average molecular weight is 328 g/mol. The SMILES string of the molecule is O=C(N[C@H](C(=O)c1ccccc1)N1CCCCC1)c1cccs1. The van der Waals surface area contributed by atoms with E-state index in [1.807, 2.05) is 29.6 Å². The van der Waals surface area contributed by atoms with Crippen LogP contribution in [0.2, 0.25) is 0 Å². The fraction of sp³-hybridized carbons (Fsp3) is 0.333. The van der Waals surface area contributed by atoms with Crippen molar-refractivity contribution < 1.29 is 9.59 Å². The molecule has 2 aromatic rings. The first-order valence-corrected chi connectivity index (χ1v) is 8.81. The van der Waals surface area contributed by atoms with Crippen molar-refractivity contribution in [3.63, 3.8) is 0 Å². The minimum atomic E-state index is -0.590. The number of piperidine rings is 1. The highest BCUT2D eigenvalue weighted by molar-refractivity contribution is 7.12. The molecule has 0 spiro atoms. The van der Waals surface area contributed by atoms with Crippen LogP contribution in [0.1, 0.15) is 39.3 Å². The molecule has 5 heteroatoms. The molecule has 1 aliphatic heterocycles. The standard InChI is InChI=1S/C18H20N2O2S/c21-16(14-8-3-1-4-9-14)17(20-11-5-2-6-12-20)19-18(22)15-10-7-13-23-15/h1,3-4,7-10,13,17H,2,5-6,11-12H2,(H,19,22)/t17-/m0/s1. The summed E-state index contributed by atoms with van der Waals surface area (Å²) in [4.78, 5) is 28.0. The number of carbonyl (C=O) groups excluding carboxylic acids is 2. The summed E-state index contributed by atoms with van der Waals surface area (Å²) in [5.41, 5.74) is 0.634. The normalized spacial score (nSPS) is 16.7. The largest absolute Gasteiger partial charge is 0.329 e. The molecule has 1 aliphatic rings. The number of rotatable bonds is 5. The second kappa shape index (κ2) is 7.53. The molecule has 3 rings (SSSR count). The van der Waals surface area contributed by atoms with E-state index in [1.54, 1.807) is 18.2 Å². The molecule has 4 nitrogen and oxygen atoms in total. The summed E-state index contributed by atoms with van der Waals surface area (Å²) in [5, 5.41) is 4.80. The number of nitrogens with one attached hydrogen (secondary N) is 1. The molecule has 23 heavy (non-hydrogen) atoms. The van der Waals surface area contributed by atoms with E-state index in [-0.39, 0.29) is 11.7 Å². The first-order valence-electron chi connectivity index (χ1n) is 7.93. The zero-order chi connectivity index (χ0) is 16.1. The molecule has 0 unspecified atom stereocenters. The van der Waals surface area contributed by atoms with Crippen molar-refractivity contribution >= 4 is 23.0 Å². The third-order valence-corrected chi connectivity index (χ3v) is 4.94. The molecule has 1 atom stereocenters. The van der Waals surface area contributed by atoms with Gasteiger partial charge in [0.15, 0.2) is 5.78 Å². The van der Waals surface area contributed by atoms with Crippen LogP contribution in [0.25, 0.3) is 0 Å². The summed E-state index contributed by atoms with van der Waals surface area (Å²) < 4.78 is 0. The maximum atomic E-state index is 12.9. The Morgan fingerprint density at radius 1 is 1.00 bits per heavy atom. The molecular formula is C18H20N2O2S. The number of ketones is 1. The van der Waals surface area contributed by atoms with Crippen molar-refractivity contribution in [3.05, 3.63) is 58.3 Å². The van der Waals surface area contributed by atoms with Crippen molar-refractivity contribution in [2.45, 2.75) is 25.4 Å². The molecule has 1 aromatic heterocycles. The lowest BCUT2D eigenvalue weighted by Crippen LogP contribution is -2.54. The first-order chi connectivity index (χ1) is 11.3. The van der Waals surface area contributed by atoms with Gasteiger partial charge in [0.25, 0.3) is 5.91 Å². The number of hydrogen-bond donors (Lipinski definition) is 1. The Morgan fingerprint density at radius 2 is 1.74 bits per heavy atom. The van der Waals surface area contributed by atoms with Crippen LogP contribution in [0.4, 0.5) is 0 Å². The van der Waals surface area contributed by atoms with Gasteiger partial charge < -0.3 is 5.32 Å². The van der Waals surface area contributed by atoms with Gasteiger partial charge in [0.05, 0.1) is 4.88 Å². The molecule has 0 radical (unpaired) electrons. The summed E-state index contributed by atoms with van der Waals surface area (Å²) in [7, 11) is 0. The van der Waals surface area contributed by atoms with Gasteiger partial charge in [-0.25, -0.2) is 0 Å². The Bertz CT molecular complexity index is 649. The van der Waals surface area contributed by atoms with Gasteiger partial charge in [-0.15, -0.1) is 11.3 Å². The fourth-order valence-corrected chi connectivity index (χ4v) is 3.49. The van der Waals surface area contributed by atoms with Crippen LogP contribution in [0, 0.1) is 0 Å².